The number of hydrogen-bond donors (Lipinski definition) is 0. The number of allylic oxidation sites excluding steroid dienone is 3. The second-order valence-electron chi connectivity index (χ2n) is 6.28. The molecule has 1 saturated carbocycles. The van der Waals surface area contributed by atoms with Gasteiger partial charge in [0.25, 0.3) is 0 Å². The van der Waals surface area contributed by atoms with Crippen molar-refractivity contribution < 1.29 is 4.79 Å². The van der Waals surface area contributed by atoms with Gasteiger partial charge >= 0.3 is 0 Å². The van der Waals surface area contributed by atoms with Crippen molar-refractivity contribution in [1.82, 2.24) is 4.90 Å². The van der Waals surface area contributed by atoms with Crippen LogP contribution in [0.3, 0.4) is 0 Å². The standard InChI is InChI=1S/C16H25NO/c1-12-7-9-16(4,10-8-12)13(2)17(14(3)18)11-15-5-6-15/h7-9,13,15H,5-6,10-11H2,1-4H3. The lowest BCUT2D eigenvalue weighted by atomic mass is 9.75. The molecule has 2 heteroatoms. The summed E-state index contributed by atoms with van der Waals surface area (Å²) in [5.41, 5.74) is 1.41. The van der Waals surface area contributed by atoms with Gasteiger partial charge in [-0.15, -0.1) is 0 Å². The highest BCUT2D eigenvalue weighted by Gasteiger charge is 2.36. The molecule has 2 unspecified atom stereocenters. The molecule has 0 radical (unpaired) electrons. The van der Waals surface area contributed by atoms with Crippen molar-refractivity contribution in [2.24, 2.45) is 11.3 Å². The van der Waals surface area contributed by atoms with E-state index in [1.807, 2.05) is 0 Å². The maximum absolute atomic E-state index is 11.9. The topological polar surface area (TPSA) is 20.3 Å². The first-order valence-corrected chi connectivity index (χ1v) is 7.05. The Morgan fingerprint density at radius 3 is 2.67 bits per heavy atom. The van der Waals surface area contributed by atoms with E-state index in [1.165, 1.54) is 18.4 Å². The number of nitrogens with zero attached hydrogens (tertiary/aromatic N) is 1. The van der Waals surface area contributed by atoms with Gasteiger partial charge in [-0.2, -0.15) is 0 Å². The Balaban J connectivity index is 2.09. The molecule has 0 N–H and O–H groups in total. The second-order valence-corrected chi connectivity index (χ2v) is 6.28. The first-order valence-electron chi connectivity index (χ1n) is 7.05. The zero-order chi connectivity index (χ0) is 13.3. The summed E-state index contributed by atoms with van der Waals surface area (Å²) in [5, 5.41) is 0. The van der Waals surface area contributed by atoms with Crippen molar-refractivity contribution in [2.45, 2.75) is 53.0 Å². The number of carbonyl (C=O) groups is 1. The van der Waals surface area contributed by atoms with Crippen LogP contribution in [0.1, 0.15) is 47.0 Å². The Kier molecular flexibility index (Phi) is 3.65. The molecule has 1 amide bonds. The summed E-state index contributed by atoms with van der Waals surface area (Å²) in [7, 11) is 0. The lowest BCUT2D eigenvalue weighted by molar-refractivity contribution is -0.133. The summed E-state index contributed by atoms with van der Waals surface area (Å²) in [6, 6.07) is 0.274. The van der Waals surface area contributed by atoms with E-state index in [0.29, 0.717) is 0 Å². The maximum atomic E-state index is 11.9. The zero-order valence-electron chi connectivity index (χ0n) is 12.1. The van der Waals surface area contributed by atoms with Gasteiger partial charge in [-0.25, -0.2) is 0 Å². The molecule has 2 nitrogen and oxygen atoms in total. The highest BCUT2D eigenvalue weighted by Crippen LogP contribution is 2.38. The summed E-state index contributed by atoms with van der Waals surface area (Å²) in [6.07, 6.45) is 10.4. The molecule has 0 aromatic rings. The smallest absolute Gasteiger partial charge is 0.219 e. The monoisotopic (exact) mass is 247 g/mol. The summed E-state index contributed by atoms with van der Waals surface area (Å²) < 4.78 is 0. The van der Waals surface area contributed by atoms with E-state index in [0.717, 1.165) is 18.9 Å². The van der Waals surface area contributed by atoms with Gasteiger partial charge in [-0.1, -0.05) is 30.7 Å². The van der Waals surface area contributed by atoms with Gasteiger partial charge in [-0.05, 0) is 39.0 Å². The van der Waals surface area contributed by atoms with E-state index in [9.17, 15) is 4.79 Å². The van der Waals surface area contributed by atoms with Crippen LogP contribution in [0.5, 0.6) is 0 Å². The average Bonchev–Trinajstić information content (AvgIpc) is 3.13. The predicted octanol–water partition coefficient (Wildman–Crippen LogP) is 3.55. The Morgan fingerprint density at radius 1 is 1.56 bits per heavy atom. The van der Waals surface area contributed by atoms with Gasteiger partial charge in [0, 0.05) is 24.9 Å². The van der Waals surface area contributed by atoms with E-state index >= 15 is 0 Å². The van der Waals surface area contributed by atoms with Crippen molar-refractivity contribution in [3.63, 3.8) is 0 Å². The van der Waals surface area contributed by atoms with E-state index in [-0.39, 0.29) is 17.4 Å². The summed E-state index contributed by atoms with van der Waals surface area (Å²) >= 11 is 0. The first-order chi connectivity index (χ1) is 8.42. The molecule has 0 aromatic heterocycles. The van der Waals surface area contributed by atoms with Crippen LogP contribution >= 0.6 is 0 Å². The molecule has 0 aromatic carbocycles. The normalized spacial score (nSPS) is 28.8. The fraction of sp³-hybridized carbons (Fsp3) is 0.688. The molecular formula is C16H25NO. The number of carbonyl (C=O) groups excluding carboxylic acids is 1. The number of rotatable bonds is 4. The van der Waals surface area contributed by atoms with Crippen LogP contribution in [-0.4, -0.2) is 23.4 Å². The van der Waals surface area contributed by atoms with Crippen LogP contribution < -0.4 is 0 Å². The first kappa shape index (κ1) is 13.4. The van der Waals surface area contributed by atoms with Crippen LogP contribution in [-0.2, 0) is 4.79 Å². The molecule has 18 heavy (non-hydrogen) atoms. The van der Waals surface area contributed by atoms with E-state index in [2.05, 4.69) is 43.9 Å². The lowest BCUT2D eigenvalue weighted by Gasteiger charge is -2.41. The zero-order valence-corrected chi connectivity index (χ0v) is 12.1. The van der Waals surface area contributed by atoms with Gasteiger partial charge in [0.05, 0.1) is 0 Å². The maximum Gasteiger partial charge on any atom is 0.219 e. The molecule has 1 fully saturated rings. The van der Waals surface area contributed by atoms with Gasteiger partial charge < -0.3 is 4.90 Å². The van der Waals surface area contributed by atoms with Crippen molar-refractivity contribution in [3.05, 3.63) is 23.8 Å². The molecule has 0 heterocycles. The Morgan fingerprint density at radius 2 is 2.22 bits per heavy atom. The summed E-state index contributed by atoms with van der Waals surface area (Å²) in [4.78, 5) is 14.0. The molecule has 2 aliphatic carbocycles. The third kappa shape index (κ3) is 2.85. The van der Waals surface area contributed by atoms with Gasteiger partial charge in [0.2, 0.25) is 5.91 Å². The van der Waals surface area contributed by atoms with Crippen LogP contribution in [0.2, 0.25) is 0 Å². The minimum absolute atomic E-state index is 0.0834. The lowest BCUT2D eigenvalue weighted by Crippen LogP contribution is -2.47. The van der Waals surface area contributed by atoms with Crippen molar-refractivity contribution in [3.8, 4) is 0 Å². The van der Waals surface area contributed by atoms with Crippen LogP contribution in [0.25, 0.3) is 0 Å². The fourth-order valence-electron chi connectivity index (χ4n) is 2.64. The van der Waals surface area contributed by atoms with Crippen molar-refractivity contribution >= 4 is 5.91 Å². The Labute approximate surface area is 111 Å². The third-order valence-corrected chi connectivity index (χ3v) is 4.57. The molecule has 0 saturated heterocycles. The SMILES string of the molecule is CC(=O)N(CC1CC1)C(C)C1(C)C=CC(C)=CC1. The highest BCUT2D eigenvalue weighted by molar-refractivity contribution is 5.73. The molecule has 100 valence electrons. The average molecular weight is 247 g/mol. The van der Waals surface area contributed by atoms with E-state index in [4.69, 9.17) is 0 Å². The minimum Gasteiger partial charge on any atom is -0.339 e. The molecule has 2 rings (SSSR count). The number of amides is 1. The van der Waals surface area contributed by atoms with Gasteiger partial charge in [-0.3, -0.25) is 4.79 Å². The molecule has 0 spiro atoms. The Bertz CT molecular complexity index is 392. The summed E-state index contributed by atoms with van der Waals surface area (Å²) in [5.74, 6) is 0.972. The van der Waals surface area contributed by atoms with Crippen molar-refractivity contribution in [2.75, 3.05) is 6.54 Å². The molecular weight excluding hydrogens is 222 g/mol. The van der Waals surface area contributed by atoms with Crippen LogP contribution in [0.15, 0.2) is 23.8 Å². The second kappa shape index (κ2) is 4.91. The Hall–Kier alpha value is -1.05. The largest absolute Gasteiger partial charge is 0.339 e. The quantitative estimate of drug-likeness (QED) is 0.744. The molecule has 2 aliphatic rings. The van der Waals surface area contributed by atoms with Crippen molar-refractivity contribution in [1.29, 1.82) is 0 Å². The van der Waals surface area contributed by atoms with Crippen LogP contribution in [0.4, 0.5) is 0 Å². The minimum atomic E-state index is 0.0834. The molecule has 0 aliphatic heterocycles. The van der Waals surface area contributed by atoms with Gasteiger partial charge in [0.1, 0.15) is 0 Å². The third-order valence-electron chi connectivity index (χ3n) is 4.57. The van der Waals surface area contributed by atoms with E-state index < -0.39 is 0 Å². The van der Waals surface area contributed by atoms with Gasteiger partial charge in [0.15, 0.2) is 0 Å². The highest BCUT2D eigenvalue weighted by atomic mass is 16.2. The summed E-state index contributed by atoms with van der Waals surface area (Å²) in [6.45, 7) is 9.24. The molecule has 2 atom stereocenters. The fourth-order valence-corrected chi connectivity index (χ4v) is 2.64. The number of hydrogen-bond acceptors (Lipinski definition) is 1. The van der Waals surface area contributed by atoms with E-state index in [1.54, 1.807) is 6.92 Å². The molecule has 0 bridgehead atoms. The predicted molar refractivity (Wildman–Crippen MR) is 75.2 cm³/mol. The van der Waals surface area contributed by atoms with Crippen LogP contribution in [0, 0.1) is 11.3 Å².